The number of halogens is 4. The average Bonchev–Trinajstić information content (AvgIpc) is 2.99. The summed E-state index contributed by atoms with van der Waals surface area (Å²) in [6, 6.07) is 9.57. The third-order valence-corrected chi connectivity index (χ3v) is 5.36. The first-order chi connectivity index (χ1) is 12.7. The van der Waals surface area contributed by atoms with Crippen LogP contribution in [0.2, 0.25) is 5.02 Å². The second kappa shape index (κ2) is 6.56. The molecule has 0 atom stereocenters. The predicted octanol–water partition coefficient (Wildman–Crippen LogP) is 3.84. The monoisotopic (exact) mass is 398 g/mol. The molecule has 2 fully saturated rings. The van der Waals surface area contributed by atoms with E-state index in [9.17, 15) is 18.0 Å². The molecule has 4 nitrogen and oxygen atoms in total. The van der Waals surface area contributed by atoms with Gasteiger partial charge in [0, 0.05) is 36.6 Å². The van der Waals surface area contributed by atoms with Crippen LogP contribution in [-0.4, -0.2) is 41.9 Å². The van der Waals surface area contributed by atoms with E-state index in [0.717, 1.165) is 24.7 Å². The molecular weight excluding hydrogens is 381 g/mol. The molecule has 2 aromatic rings. The third-order valence-electron chi connectivity index (χ3n) is 5.11. The first-order valence-electron chi connectivity index (χ1n) is 8.63. The molecule has 0 N–H and O–H groups in total. The van der Waals surface area contributed by atoms with Gasteiger partial charge in [0.25, 0.3) is 0 Å². The Labute approximate surface area is 159 Å². The molecule has 1 spiro atoms. The van der Waals surface area contributed by atoms with Gasteiger partial charge in [0.2, 0.25) is 11.7 Å². The van der Waals surface area contributed by atoms with Gasteiger partial charge in [-0.3, -0.25) is 9.69 Å². The number of alkyl halides is 3. The van der Waals surface area contributed by atoms with Crippen LogP contribution in [0.4, 0.5) is 13.2 Å². The second-order valence-corrected chi connectivity index (χ2v) is 7.90. The van der Waals surface area contributed by atoms with Crippen molar-refractivity contribution in [2.24, 2.45) is 5.41 Å². The third kappa shape index (κ3) is 3.84. The van der Waals surface area contributed by atoms with Crippen molar-refractivity contribution in [3.05, 3.63) is 58.5 Å². The van der Waals surface area contributed by atoms with Crippen LogP contribution in [0.1, 0.15) is 17.1 Å². The summed E-state index contributed by atoms with van der Waals surface area (Å²) in [5.74, 6) is -0.565. The lowest BCUT2D eigenvalue weighted by atomic mass is 9.72. The molecule has 144 valence electrons. The van der Waals surface area contributed by atoms with Crippen molar-refractivity contribution in [2.75, 3.05) is 26.2 Å². The summed E-state index contributed by atoms with van der Waals surface area (Å²) in [7, 11) is 0. The second-order valence-electron chi connectivity index (χ2n) is 7.46. The Morgan fingerprint density at radius 3 is 2.33 bits per heavy atom. The Hall–Kier alpha value is -1.99. The largest absolute Gasteiger partial charge is 0.455 e. The SMILES string of the molecule is O=C(Cc1ccc(Cl)cc1)N1CC2(CN(Cc3ccc(C(F)(F)F)o3)C2)C1. The lowest BCUT2D eigenvalue weighted by Crippen LogP contribution is -2.72. The molecule has 2 aliphatic rings. The van der Waals surface area contributed by atoms with Gasteiger partial charge >= 0.3 is 6.18 Å². The minimum atomic E-state index is -4.45. The molecule has 3 heterocycles. The van der Waals surface area contributed by atoms with Crippen LogP contribution in [0, 0.1) is 5.41 Å². The summed E-state index contributed by atoms with van der Waals surface area (Å²) in [4.78, 5) is 16.2. The van der Waals surface area contributed by atoms with Crippen LogP contribution in [0.5, 0.6) is 0 Å². The summed E-state index contributed by atoms with van der Waals surface area (Å²) < 4.78 is 42.6. The molecule has 2 aliphatic heterocycles. The molecule has 0 aliphatic carbocycles. The standard InChI is InChI=1S/C19H18ClF3N2O2/c20-14-3-1-13(2-4-14)7-17(26)25-11-18(12-25)9-24(10-18)8-15-5-6-16(27-15)19(21,22)23/h1-6H,7-12H2. The van der Waals surface area contributed by atoms with Crippen molar-refractivity contribution in [3.8, 4) is 0 Å². The molecule has 8 heteroatoms. The van der Waals surface area contributed by atoms with E-state index in [4.69, 9.17) is 16.0 Å². The highest BCUT2D eigenvalue weighted by atomic mass is 35.5. The number of benzene rings is 1. The van der Waals surface area contributed by atoms with Gasteiger partial charge in [0.15, 0.2) is 0 Å². The summed E-state index contributed by atoms with van der Waals surface area (Å²) >= 11 is 5.85. The lowest BCUT2D eigenvalue weighted by molar-refractivity contribution is -0.160. The van der Waals surface area contributed by atoms with Crippen molar-refractivity contribution >= 4 is 17.5 Å². The Morgan fingerprint density at radius 1 is 1.07 bits per heavy atom. The van der Waals surface area contributed by atoms with Gasteiger partial charge < -0.3 is 9.32 Å². The number of nitrogens with zero attached hydrogens (tertiary/aromatic N) is 2. The molecule has 0 radical (unpaired) electrons. The van der Waals surface area contributed by atoms with Gasteiger partial charge in [0.1, 0.15) is 5.76 Å². The molecule has 1 aromatic heterocycles. The first-order valence-corrected chi connectivity index (χ1v) is 9.01. The lowest BCUT2D eigenvalue weighted by Gasteiger charge is -2.60. The summed E-state index contributed by atoms with van der Waals surface area (Å²) in [5, 5.41) is 0.641. The molecule has 1 amide bonds. The molecule has 0 unspecified atom stereocenters. The quantitative estimate of drug-likeness (QED) is 0.785. The minimum absolute atomic E-state index is 0.0785. The number of carbonyl (C=O) groups is 1. The van der Waals surface area contributed by atoms with Gasteiger partial charge in [-0.15, -0.1) is 0 Å². The Kier molecular flexibility index (Phi) is 4.47. The molecule has 1 aromatic carbocycles. The highest BCUT2D eigenvalue weighted by Crippen LogP contribution is 2.41. The smallest absolute Gasteiger partial charge is 0.449 e. The maximum absolute atomic E-state index is 12.6. The number of furan rings is 1. The highest BCUT2D eigenvalue weighted by molar-refractivity contribution is 6.30. The van der Waals surface area contributed by atoms with E-state index in [-0.39, 0.29) is 11.3 Å². The molecule has 27 heavy (non-hydrogen) atoms. The van der Waals surface area contributed by atoms with E-state index in [1.54, 1.807) is 12.1 Å². The Bertz CT molecular complexity index is 833. The topological polar surface area (TPSA) is 36.7 Å². The number of likely N-dealkylation sites (tertiary alicyclic amines) is 2. The average molecular weight is 399 g/mol. The van der Waals surface area contributed by atoms with Crippen molar-refractivity contribution in [1.82, 2.24) is 9.80 Å². The summed E-state index contributed by atoms with van der Waals surface area (Å²) in [6.45, 7) is 3.28. The molecule has 0 bridgehead atoms. The maximum Gasteiger partial charge on any atom is 0.449 e. The zero-order chi connectivity index (χ0) is 19.2. The number of hydrogen-bond donors (Lipinski definition) is 0. The highest BCUT2D eigenvalue weighted by Gasteiger charge is 2.52. The molecular formula is C19H18ClF3N2O2. The van der Waals surface area contributed by atoms with Crippen LogP contribution < -0.4 is 0 Å². The zero-order valence-corrected chi connectivity index (χ0v) is 15.2. The van der Waals surface area contributed by atoms with Crippen molar-refractivity contribution < 1.29 is 22.4 Å². The molecule has 2 saturated heterocycles. The Morgan fingerprint density at radius 2 is 1.74 bits per heavy atom. The van der Waals surface area contributed by atoms with E-state index < -0.39 is 11.9 Å². The van der Waals surface area contributed by atoms with Gasteiger partial charge in [-0.2, -0.15) is 13.2 Å². The van der Waals surface area contributed by atoms with Crippen LogP contribution in [0.3, 0.4) is 0 Å². The normalized spacial score (nSPS) is 19.0. The van der Waals surface area contributed by atoms with Gasteiger partial charge in [-0.05, 0) is 29.8 Å². The van der Waals surface area contributed by atoms with Crippen molar-refractivity contribution in [2.45, 2.75) is 19.1 Å². The predicted molar refractivity (Wildman–Crippen MR) is 93.2 cm³/mol. The van der Waals surface area contributed by atoms with Crippen LogP contribution in [0.25, 0.3) is 0 Å². The van der Waals surface area contributed by atoms with E-state index in [1.165, 1.54) is 6.07 Å². The molecule has 4 rings (SSSR count). The van der Waals surface area contributed by atoms with E-state index >= 15 is 0 Å². The maximum atomic E-state index is 12.6. The zero-order valence-electron chi connectivity index (χ0n) is 14.4. The fourth-order valence-electron chi connectivity index (χ4n) is 3.88. The van der Waals surface area contributed by atoms with Crippen LogP contribution in [-0.2, 0) is 23.9 Å². The number of rotatable bonds is 4. The fourth-order valence-corrected chi connectivity index (χ4v) is 4.00. The van der Waals surface area contributed by atoms with E-state index in [0.29, 0.717) is 36.8 Å². The van der Waals surface area contributed by atoms with Gasteiger partial charge in [0.05, 0.1) is 13.0 Å². The summed E-state index contributed by atoms with van der Waals surface area (Å²) in [5.41, 5.74) is 1.01. The number of hydrogen-bond acceptors (Lipinski definition) is 3. The fraction of sp³-hybridized carbons (Fsp3) is 0.421. The van der Waals surface area contributed by atoms with Gasteiger partial charge in [-0.1, -0.05) is 23.7 Å². The van der Waals surface area contributed by atoms with E-state index in [1.807, 2.05) is 21.9 Å². The minimum Gasteiger partial charge on any atom is -0.455 e. The van der Waals surface area contributed by atoms with E-state index in [2.05, 4.69) is 0 Å². The van der Waals surface area contributed by atoms with Crippen molar-refractivity contribution in [3.63, 3.8) is 0 Å². The van der Waals surface area contributed by atoms with Crippen molar-refractivity contribution in [1.29, 1.82) is 0 Å². The summed E-state index contributed by atoms with van der Waals surface area (Å²) in [6.07, 6.45) is -4.10. The Balaban J connectivity index is 1.23. The first kappa shape index (κ1) is 18.4. The molecule has 0 saturated carbocycles. The number of carbonyl (C=O) groups excluding carboxylic acids is 1. The van der Waals surface area contributed by atoms with Gasteiger partial charge in [-0.25, -0.2) is 0 Å². The van der Waals surface area contributed by atoms with Crippen LogP contribution >= 0.6 is 11.6 Å². The number of amides is 1. The van der Waals surface area contributed by atoms with Crippen LogP contribution in [0.15, 0.2) is 40.8 Å².